The molecule has 196 valence electrons. The summed E-state index contributed by atoms with van der Waals surface area (Å²) in [6.07, 6.45) is 1.78. The Bertz CT molecular complexity index is 1450. The number of anilines is 3. The number of imidazole rings is 1. The number of nitrogens with zero attached hydrogens (tertiary/aromatic N) is 5. The van der Waals surface area contributed by atoms with Crippen LogP contribution in [0.1, 0.15) is 29.5 Å². The minimum absolute atomic E-state index is 0.0798. The van der Waals surface area contributed by atoms with Crippen molar-refractivity contribution in [3.05, 3.63) is 57.6 Å². The fourth-order valence-corrected chi connectivity index (χ4v) is 5.50. The minimum atomic E-state index is -2.68. The van der Waals surface area contributed by atoms with Crippen LogP contribution in [0.3, 0.4) is 0 Å². The van der Waals surface area contributed by atoms with E-state index < -0.39 is 6.43 Å². The van der Waals surface area contributed by atoms with Crippen LogP contribution in [0, 0.1) is 0 Å². The lowest BCUT2D eigenvalue weighted by atomic mass is 9.92. The van der Waals surface area contributed by atoms with Crippen molar-refractivity contribution in [2.24, 2.45) is 24.8 Å². The van der Waals surface area contributed by atoms with Crippen LogP contribution >= 0.6 is 0 Å². The van der Waals surface area contributed by atoms with E-state index in [2.05, 4.69) is 20.9 Å². The van der Waals surface area contributed by atoms with Gasteiger partial charge in [0.15, 0.2) is 0 Å². The Labute approximate surface area is 214 Å². The SMILES string of the molecule is CN=CC(=CN)c1cc2c(cc1C(F)F)N(c1cc(N3CCOCC3)c3c(c1)n(C)c(=O)n3C)CCC2. The molecule has 3 aromatic rings. The summed E-state index contributed by atoms with van der Waals surface area (Å²) in [7, 11) is 5.13. The Morgan fingerprint density at radius 3 is 2.51 bits per heavy atom. The van der Waals surface area contributed by atoms with Gasteiger partial charge in [-0.05, 0) is 48.2 Å². The molecule has 0 atom stereocenters. The molecule has 0 unspecified atom stereocenters. The number of benzene rings is 2. The van der Waals surface area contributed by atoms with Crippen molar-refractivity contribution in [1.29, 1.82) is 0 Å². The summed E-state index contributed by atoms with van der Waals surface area (Å²) in [5.41, 5.74) is 11.7. The number of allylic oxidation sites excluding steroid dienone is 1. The number of ether oxygens (including phenoxy) is 1. The van der Waals surface area contributed by atoms with Crippen molar-refractivity contribution in [2.75, 3.05) is 49.7 Å². The second-order valence-electron chi connectivity index (χ2n) is 9.47. The molecule has 0 radical (unpaired) electrons. The number of aryl methyl sites for hydroxylation is 3. The summed E-state index contributed by atoms with van der Waals surface area (Å²) in [4.78, 5) is 21.2. The summed E-state index contributed by atoms with van der Waals surface area (Å²) >= 11 is 0. The maximum absolute atomic E-state index is 14.3. The third-order valence-electron chi connectivity index (χ3n) is 7.35. The molecule has 0 amide bonds. The topological polar surface area (TPSA) is 81.0 Å². The molecule has 2 aromatic carbocycles. The number of morpholine rings is 1. The second-order valence-corrected chi connectivity index (χ2v) is 9.47. The summed E-state index contributed by atoms with van der Waals surface area (Å²) in [6, 6.07) is 7.47. The predicted molar refractivity (Wildman–Crippen MR) is 144 cm³/mol. The third kappa shape index (κ3) is 4.29. The van der Waals surface area contributed by atoms with Crippen LogP contribution in [0.25, 0.3) is 16.6 Å². The molecular formula is C27H32F2N6O2. The van der Waals surface area contributed by atoms with Crippen LogP contribution in [0.4, 0.5) is 25.8 Å². The van der Waals surface area contributed by atoms with Gasteiger partial charge in [-0.1, -0.05) is 0 Å². The summed E-state index contributed by atoms with van der Waals surface area (Å²) < 4.78 is 37.5. The first-order valence-corrected chi connectivity index (χ1v) is 12.4. The molecule has 1 fully saturated rings. The number of hydrogen-bond donors (Lipinski definition) is 1. The summed E-state index contributed by atoms with van der Waals surface area (Å²) in [5, 5.41) is 0. The molecule has 2 N–H and O–H groups in total. The molecule has 0 saturated carbocycles. The van der Waals surface area contributed by atoms with Gasteiger partial charge in [0.1, 0.15) is 0 Å². The molecule has 2 aliphatic rings. The van der Waals surface area contributed by atoms with E-state index in [0.717, 1.165) is 46.5 Å². The van der Waals surface area contributed by atoms with Gasteiger partial charge < -0.3 is 20.3 Å². The van der Waals surface area contributed by atoms with Crippen molar-refractivity contribution < 1.29 is 13.5 Å². The number of nitrogens with two attached hydrogens (primary N) is 1. The summed E-state index contributed by atoms with van der Waals surface area (Å²) in [5.74, 6) is 0. The van der Waals surface area contributed by atoms with Crippen molar-refractivity contribution >= 4 is 39.9 Å². The van der Waals surface area contributed by atoms with E-state index in [1.807, 2.05) is 12.1 Å². The van der Waals surface area contributed by atoms with E-state index in [-0.39, 0.29) is 11.3 Å². The Kier molecular flexibility index (Phi) is 6.76. The fourth-order valence-electron chi connectivity index (χ4n) is 5.50. The molecule has 10 heteroatoms. The van der Waals surface area contributed by atoms with Crippen LogP contribution in [-0.4, -0.2) is 55.2 Å². The zero-order valence-corrected chi connectivity index (χ0v) is 21.4. The number of rotatable bonds is 5. The van der Waals surface area contributed by atoms with Crippen LogP contribution in [0.15, 0.2) is 40.3 Å². The smallest absolute Gasteiger partial charge is 0.328 e. The third-order valence-corrected chi connectivity index (χ3v) is 7.35. The van der Waals surface area contributed by atoms with Crippen LogP contribution < -0.4 is 21.2 Å². The molecule has 3 heterocycles. The Morgan fingerprint density at radius 1 is 1.08 bits per heavy atom. The monoisotopic (exact) mass is 510 g/mol. The molecule has 5 rings (SSSR count). The van der Waals surface area contributed by atoms with E-state index in [4.69, 9.17) is 10.5 Å². The molecule has 0 spiro atoms. The van der Waals surface area contributed by atoms with Gasteiger partial charge in [-0.25, -0.2) is 13.6 Å². The van der Waals surface area contributed by atoms with E-state index in [9.17, 15) is 13.6 Å². The molecule has 0 bridgehead atoms. The number of aliphatic imine (C=N–C) groups is 1. The molecule has 1 saturated heterocycles. The number of aromatic nitrogens is 2. The highest BCUT2D eigenvalue weighted by Crippen LogP contribution is 2.42. The Morgan fingerprint density at radius 2 is 1.84 bits per heavy atom. The van der Waals surface area contributed by atoms with Gasteiger partial charge in [0.2, 0.25) is 0 Å². The molecule has 8 nitrogen and oxygen atoms in total. The fraction of sp³-hybridized carbons (Fsp3) is 0.407. The number of alkyl halides is 2. The van der Waals surface area contributed by atoms with Gasteiger partial charge in [0, 0.05) is 75.7 Å². The number of hydrogen-bond acceptors (Lipinski definition) is 6. The first kappa shape index (κ1) is 25.0. The molecule has 37 heavy (non-hydrogen) atoms. The maximum atomic E-state index is 14.3. The van der Waals surface area contributed by atoms with E-state index in [0.29, 0.717) is 44.0 Å². The van der Waals surface area contributed by atoms with Gasteiger partial charge in [0.05, 0.1) is 29.9 Å². The standard InChI is InChI=1S/C27H32F2N6O2/c1-31-16-18(15-30)20-11-17-5-4-6-35(22(17)14-21(20)26(28)29)19-12-23-25(33(3)27(36)32(23)2)24(13-19)34-7-9-37-10-8-34/h11-16,26H,4-10,30H2,1-3H3. The minimum Gasteiger partial charge on any atom is -0.404 e. The largest absolute Gasteiger partial charge is 0.404 e. The predicted octanol–water partition coefficient (Wildman–Crippen LogP) is 3.74. The lowest BCUT2D eigenvalue weighted by Crippen LogP contribution is -2.36. The zero-order chi connectivity index (χ0) is 26.3. The first-order chi connectivity index (χ1) is 17.8. The quantitative estimate of drug-likeness (QED) is 0.529. The average molecular weight is 511 g/mol. The highest BCUT2D eigenvalue weighted by atomic mass is 19.3. The van der Waals surface area contributed by atoms with Gasteiger partial charge in [0.25, 0.3) is 6.43 Å². The Balaban J connectivity index is 1.70. The summed E-state index contributed by atoms with van der Waals surface area (Å²) in [6.45, 7) is 3.32. The van der Waals surface area contributed by atoms with Gasteiger partial charge >= 0.3 is 5.69 Å². The lowest BCUT2D eigenvalue weighted by molar-refractivity contribution is 0.123. The van der Waals surface area contributed by atoms with Crippen LogP contribution in [-0.2, 0) is 25.3 Å². The van der Waals surface area contributed by atoms with E-state index in [1.165, 1.54) is 12.4 Å². The molecule has 2 aliphatic heterocycles. The van der Waals surface area contributed by atoms with Crippen molar-refractivity contribution in [1.82, 2.24) is 9.13 Å². The van der Waals surface area contributed by atoms with Crippen LogP contribution in [0.5, 0.6) is 0 Å². The Hall–Kier alpha value is -3.66. The second kappa shape index (κ2) is 10.0. The number of fused-ring (bicyclic) bond motifs is 2. The zero-order valence-electron chi connectivity index (χ0n) is 21.4. The normalized spacial score (nSPS) is 16.9. The van der Waals surface area contributed by atoms with Gasteiger partial charge in [-0.3, -0.25) is 14.1 Å². The highest BCUT2D eigenvalue weighted by molar-refractivity contribution is 6.10. The van der Waals surface area contributed by atoms with Crippen LogP contribution in [0.2, 0.25) is 0 Å². The molecule has 0 aliphatic carbocycles. The maximum Gasteiger partial charge on any atom is 0.328 e. The molecule has 1 aromatic heterocycles. The van der Waals surface area contributed by atoms with Crippen molar-refractivity contribution in [2.45, 2.75) is 19.3 Å². The number of halogens is 2. The first-order valence-electron chi connectivity index (χ1n) is 12.4. The average Bonchev–Trinajstić information content (AvgIpc) is 3.14. The van der Waals surface area contributed by atoms with Crippen molar-refractivity contribution in [3.63, 3.8) is 0 Å². The van der Waals surface area contributed by atoms with E-state index >= 15 is 0 Å². The van der Waals surface area contributed by atoms with Crippen molar-refractivity contribution in [3.8, 4) is 0 Å². The lowest BCUT2D eigenvalue weighted by Gasteiger charge is -2.35. The molecular weight excluding hydrogens is 478 g/mol. The van der Waals surface area contributed by atoms with Gasteiger partial charge in [-0.2, -0.15) is 0 Å². The highest BCUT2D eigenvalue weighted by Gasteiger charge is 2.27. The van der Waals surface area contributed by atoms with Gasteiger partial charge in [-0.15, -0.1) is 0 Å². The van der Waals surface area contributed by atoms with E-state index in [1.54, 1.807) is 36.3 Å².